The monoisotopic (exact) mass is 514 g/mol. The average molecular weight is 515 g/mol. The maximum absolute atomic E-state index is 13.0. The Labute approximate surface area is 213 Å². The van der Waals surface area contributed by atoms with E-state index in [0.29, 0.717) is 11.5 Å². The number of aliphatic hydroxyl groups is 1. The fourth-order valence-electron chi connectivity index (χ4n) is 3.45. The minimum Gasteiger partial charge on any atom is -0.497 e. The van der Waals surface area contributed by atoms with Crippen LogP contribution in [0.25, 0.3) is 0 Å². The number of hydrogen-bond acceptors (Lipinski definition) is 8. The molecule has 5 N–H and O–H groups in total. The summed E-state index contributed by atoms with van der Waals surface area (Å²) in [5, 5.41) is 19.6. The quantitative estimate of drug-likeness (QED) is 0.305. The lowest BCUT2D eigenvalue weighted by Gasteiger charge is -2.22. The zero-order valence-electron chi connectivity index (χ0n) is 20.3. The van der Waals surface area contributed by atoms with Crippen molar-refractivity contribution in [1.29, 1.82) is 0 Å². The number of para-hydroxylation sites is 1. The molecule has 0 saturated carbocycles. The third-order valence-electron chi connectivity index (χ3n) is 5.37. The number of nitrogens with one attached hydrogen (secondary N) is 4. The second-order valence-corrected chi connectivity index (χ2v) is 7.98. The molecule has 0 aromatic heterocycles. The van der Waals surface area contributed by atoms with Crippen LogP contribution in [0.5, 0.6) is 17.2 Å². The molecule has 0 unspecified atom stereocenters. The summed E-state index contributed by atoms with van der Waals surface area (Å²) in [6, 6.07) is 10.8. The Hall–Kier alpha value is -4.32. The average Bonchev–Trinajstić information content (AvgIpc) is 2.91. The molecular formula is C25H30N4O8. The second-order valence-electron chi connectivity index (χ2n) is 7.98. The Morgan fingerprint density at radius 3 is 2.54 bits per heavy atom. The number of fused-ring (bicyclic) bond motifs is 1. The predicted molar refractivity (Wildman–Crippen MR) is 131 cm³/mol. The first-order chi connectivity index (χ1) is 17.9. The molecular weight excluding hydrogens is 484 g/mol. The van der Waals surface area contributed by atoms with Gasteiger partial charge in [-0.15, -0.1) is 0 Å². The number of rotatable bonds is 7. The van der Waals surface area contributed by atoms with Crippen LogP contribution >= 0.6 is 0 Å². The number of hydrogen-bond donors (Lipinski definition) is 5. The van der Waals surface area contributed by atoms with Crippen LogP contribution in [0.2, 0.25) is 0 Å². The third-order valence-corrected chi connectivity index (χ3v) is 5.37. The topological polar surface area (TPSA) is 164 Å². The molecule has 1 aliphatic rings. The van der Waals surface area contributed by atoms with E-state index in [1.54, 1.807) is 49.6 Å². The SMILES string of the molecule is COc1ccc(OCCNC(=O)[C@@H]2CC(=O)N[C@@H](CO)C(=O)NCCOc3ccccc3C(=O)N2)cc1. The molecule has 12 nitrogen and oxygen atoms in total. The Morgan fingerprint density at radius 2 is 1.81 bits per heavy atom. The summed E-state index contributed by atoms with van der Waals surface area (Å²) >= 11 is 0. The van der Waals surface area contributed by atoms with Crippen molar-refractivity contribution in [2.45, 2.75) is 18.5 Å². The van der Waals surface area contributed by atoms with Gasteiger partial charge in [-0.25, -0.2) is 0 Å². The van der Waals surface area contributed by atoms with Crippen LogP contribution in [0.3, 0.4) is 0 Å². The van der Waals surface area contributed by atoms with E-state index in [2.05, 4.69) is 21.3 Å². The molecule has 0 fully saturated rings. The molecule has 2 atom stereocenters. The van der Waals surface area contributed by atoms with E-state index in [9.17, 15) is 24.3 Å². The summed E-state index contributed by atoms with van der Waals surface area (Å²) < 4.78 is 16.3. The van der Waals surface area contributed by atoms with Crippen molar-refractivity contribution in [1.82, 2.24) is 21.3 Å². The fraction of sp³-hybridized carbons (Fsp3) is 0.360. The number of ether oxygens (including phenoxy) is 3. The lowest BCUT2D eigenvalue weighted by Crippen LogP contribution is -2.53. The summed E-state index contributed by atoms with van der Waals surface area (Å²) in [7, 11) is 1.56. The van der Waals surface area contributed by atoms with Gasteiger partial charge in [-0.1, -0.05) is 12.1 Å². The van der Waals surface area contributed by atoms with E-state index in [4.69, 9.17) is 14.2 Å². The molecule has 0 spiro atoms. The van der Waals surface area contributed by atoms with Gasteiger partial charge in [0.05, 0.1) is 38.8 Å². The zero-order chi connectivity index (χ0) is 26.6. The summed E-state index contributed by atoms with van der Waals surface area (Å²) in [5.74, 6) is -1.05. The normalized spacial score (nSPS) is 18.6. The van der Waals surface area contributed by atoms with Crippen molar-refractivity contribution in [3.05, 3.63) is 54.1 Å². The fourth-order valence-corrected chi connectivity index (χ4v) is 3.45. The first-order valence-corrected chi connectivity index (χ1v) is 11.7. The van der Waals surface area contributed by atoms with E-state index in [1.165, 1.54) is 6.07 Å². The van der Waals surface area contributed by atoms with Gasteiger partial charge in [0.1, 0.15) is 42.5 Å². The minimum absolute atomic E-state index is 0.0419. The van der Waals surface area contributed by atoms with Gasteiger partial charge in [0, 0.05) is 0 Å². The first kappa shape index (κ1) is 27.3. The molecule has 1 heterocycles. The van der Waals surface area contributed by atoms with Gasteiger partial charge in [-0.2, -0.15) is 0 Å². The number of methoxy groups -OCH3 is 1. The van der Waals surface area contributed by atoms with E-state index < -0.39 is 48.7 Å². The maximum atomic E-state index is 13.0. The van der Waals surface area contributed by atoms with Crippen molar-refractivity contribution < 1.29 is 38.5 Å². The van der Waals surface area contributed by atoms with Crippen molar-refractivity contribution >= 4 is 23.6 Å². The van der Waals surface area contributed by atoms with Crippen LogP contribution in [0, 0.1) is 0 Å². The molecule has 3 rings (SSSR count). The molecule has 12 heteroatoms. The number of carbonyl (C=O) groups excluding carboxylic acids is 4. The van der Waals surface area contributed by atoms with Crippen LogP contribution in [-0.4, -0.2) is 80.8 Å². The molecule has 2 aromatic rings. The molecule has 4 amide bonds. The van der Waals surface area contributed by atoms with Gasteiger partial charge in [0.25, 0.3) is 5.91 Å². The third kappa shape index (κ3) is 8.10. The second kappa shape index (κ2) is 13.7. The van der Waals surface area contributed by atoms with Gasteiger partial charge in [0.2, 0.25) is 17.7 Å². The predicted octanol–water partition coefficient (Wildman–Crippen LogP) is -0.635. The van der Waals surface area contributed by atoms with Crippen molar-refractivity contribution in [2.75, 3.05) is 40.0 Å². The molecule has 0 bridgehead atoms. The summed E-state index contributed by atoms with van der Waals surface area (Å²) in [4.78, 5) is 50.8. The van der Waals surface area contributed by atoms with Gasteiger partial charge in [0.15, 0.2) is 0 Å². The van der Waals surface area contributed by atoms with Gasteiger partial charge in [-0.05, 0) is 36.4 Å². The van der Waals surface area contributed by atoms with Crippen LogP contribution in [-0.2, 0) is 14.4 Å². The number of benzene rings is 2. The first-order valence-electron chi connectivity index (χ1n) is 11.7. The molecule has 0 saturated heterocycles. The number of aliphatic hydroxyl groups excluding tert-OH is 1. The maximum Gasteiger partial charge on any atom is 0.255 e. The van der Waals surface area contributed by atoms with Gasteiger partial charge >= 0.3 is 0 Å². The van der Waals surface area contributed by atoms with Crippen LogP contribution in [0.4, 0.5) is 0 Å². The molecule has 0 aliphatic carbocycles. The molecule has 2 aromatic carbocycles. The highest BCUT2D eigenvalue weighted by molar-refractivity contribution is 6.01. The van der Waals surface area contributed by atoms with Crippen LogP contribution in [0.15, 0.2) is 48.5 Å². The standard InChI is InChI=1S/C25H30N4O8/c1-35-16-6-8-17(9-7-16)36-12-10-26-24(33)19-14-22(31)28-20(15-30)25(34)27-11-13-37-21-5-3-2-4-18(21)23(32)29-19/h2-9,19-20,30H,10-15H2,1H3,(H,26,33)(H,27,34)(H,28,31)(H,29,32)/t19-,20-/m0/s1. The Kier molecular flexibility index (Phi) is 10.1. The van der Waals surface area contributed by atoms with Crippen LogP contribution in [0.1, 0.15) is 16.8 Å². The smallest absolute Gasteiger partial charge is 0.255 e. The van der Waals surface area contributed by atoms with E-state index in [1.807, 2.05) is 0 Å². The lowest BCUT2D eigenvalue weighted by atomic mass is 10.1. The van der Waals surface area contributed by atoms with Crippen LogP contribution < -0.4 is 35.5 Å². The molecule has 198 valence electrons. The molecule has 1 aliphatic heterocycles. The Balaban J connectivity index is 1.69. The summed E-state index contributed by atoms with van der Waals surface area (Å²) in [5.41, 5.74) is 0.167. The van der Waals surface area contributed by atoms with Gasteiger partial charge in [-0.3, -0.25) is 19.2 Å². The molecule has 37 heavy (non-hydrogen) atoms. The highest BCUT2D eigenvalue weighted by Gasteiger charge is 2.28. The zero-order valence-corrected chi connectivity index (χ0v) is 20.3. The Morgan fingerprint density at radius 1 is 1.08 bits per heavy atom. The minimum atomic E-state index is -1.27. The lowest BCUT2D eigenvalue weighted by molar-refractivity contribution is -0.131. The Bertz CT molecular complexity index is 1090. The number of amides is 4. The van der Waals surface area contributed by atoms with E-state index in [0.717, 1.165) is 0 Å². The summed E-state index contributed by atoms with van der Waals surface area (Å²) in [6.07, 6.45) is -0.469. The van der Waals surface area contributed by atoms with E-state index >= 15 is 0 Å². The number of carbonyl (C=O) groups is 4. The highest BCUT2D eigenvalue weighted by Crippen LogP contribution is 2.18. The van der Waals surface area contributed by atoms with E-state index in [-0.39, 0.29) is 37.6 Å². The largest absolute Gasteiger partial charge is 0.497 e. The molecule has 0 radical (unpaired) electrons. The highest BCUT2D eigenvalue weighted by atomic mass is 16.5. The van der Waals surface area contributed by atoms with Gasteiger partial charge < -0.3 is 40.6 Å². The van der Waals surface area contributed by atoms with Crippen molar-refractivity contribution in [3.63, 3.8) is 0 Å². The summed E-state index contributed by atoms with van der Waals surface area (Å²) in [6.45, 7) is -0.285. The van der Waals surface area contributed by atoms with Crippen molar-refractivity contribution in [2.24, 2.45) is 0 Å². The van der Waals surface area contributed by atoms with Crippen molar-refractivity contribution in [3.8, 4) is 17.2 Å².